The molecular weight excluding hydrogens is 238 g/mol. The molecule has 0 aliphatic heterocycles. The van der Waals surface area contributed by atoms with Crippen molar-refractivity contribution in [3.05, 3.63) is 24.3 Å². The van der Waals surface area contributed by atoms with Gasteiger partial charge >= 0.3 is 6.61 Å². The van der Waals surface area contributed by atoms with Crippen molar-refractivity contribution in [1.29, 1.82) is 0 Å². The van der Waals surface area contributed by atoms with E-state index in [0.717, 1.165) is 18.8 Å². The summed E-state index contributed by atoms with van der Waals surface area (Å²) in [4.78, 5) is 0. The zero-order chi connectivity index (χ0) is 13.6. The van der Waals surface area contributed by atoms with E-state index in [-0.39, 0.29) is 11.3 Å². The smallest absolute Gasteiger partial charge is 0.387 e. The number of nitrogens with one attached hydrogen (secondary N) is 2. The molecule has 102 valence electrons. The number of alkyl halides is 2. The van der Waals surface area contributed by atoms with Crippen LogP contribution in [-0.2, 0) is 0 Å². The van der Waals surface area contributed by atoms with Crippen LogP contribution in [0.1, 0.15) is 20.8 Å². The van der Waals surface area contributed by atoms with Crippen LogP contribution >= 0.6 is 0 Å². The van der Waals surface area contributed by atoms with Crippen LogP contribution in [0, 0.1) is 0 Å². The molecule has 0 aliphatic rings. The van der Waals surface area contributed by atoms with Gasteiger partial charge in [-0.1, -0.05) is 0 Å². The Morgan fingerprint density at radius 1 is 1.11 bits per heavy atom. The normalized spacial score (nSPS) is 11.7. The molecule has 18 heavy (non-hydrogen) atoms. The van der Waals surface area contributed by atoms with E-state index in [1.165, 1.54) is 12.1 Å². The maximum Gasteiger partial charge on any atom is 0.387 e. The van der Waals surface area contributed by atoms with Crippen LogP contribution in [0.5, 0.6) is 5.75 Å². The zero-order valence-corrected chi connectivity index (χ0v) is 11.0. The molecule has 0 aromatic heterocycles. The highest BCUT2D eigenvalue weighted by Crippen LogP contribution is 2.17. The van der Waals surface area contributed by atoms with E-state index in [0.29, 0.717) is 0 Å². The van der Waals surface area contributed by atoms with Gasteiger partial charge in [0.25, 0.3) is 0 Å². The van der Waals surface area contributed by atoms with Gasteiger partial charge in [-0.3, -0.25) is 0 Å². The van der Waals surface area contributed by atoms with Crippen LogP contribution in [0.3, 0.4) is 0 Å². The highest BCUT2D eigenvalue weighted by Gasteiger charge is 2.07. The lowest BCUT2D eigenvalue weighted by molar-refractivity contribution is -0.0498. The van der Waals surface area contributed by atoms with Gasteiger partial charge in [0, 0.05) is 24.3 Å². The Kier molecular flexibility index (Phi) is 5.34. The summed E-state index contributed by atoms with van der Waals surface area (Å²) < 4.78 is 28.1. The van der Waals surface area contributed by atoms with Crippen molar-refractivity contribution in [2.24, 2.45) is 0 Å². The number of benzene rings is 1. The summed E-state index contributed by atoms with van der Waals surface area (Å²) in [5, 5.41) is 6.54. The molecule has 0 heterocycles. The Morgan fingerprint density at radius 3 is 2.22 bits per heavy atom. The second-order valence-electron chi connectivity index (χ2n) is 5.01. The van der Waals surface area contributed by atoms with Crippen molar-refractivity contribution in [2.45, 2.75) is 32.9 Å². The number of hydrogen-bond donors (Lipinski definition) is 2. The first-order chi connectivity index (χ1) is 8.37. The van der Waals surface area contributed by atoms with E-state index in [2.05, 4.69) is 36.1 Å². The third-order valence-electron chi connectivity index (χ3n) is 2.19. The average Bonchev–Trinajstić information content (AvgIpc) is 2.24. The van der Waals surface area contributed by atoms with Crippen molar-refractivity contribution in [2.75, 3.05) is 18.4 Å². The van der Waals surface area contributed by atoms with Crippen molar-refractivity contribution >= 4 is 5.69 Å². The molecule has 0 atom stereocenters. The van der Waals surface area contributed by atoms with Crippen molar-refractivity contribution in [3.8, 4) is 5.75 Å². The first kappa shape index (κ1) is 14.7. The lowest BCUT2D eigenvalue weighted by Crippen LogP contribution is -2.38. The summed E-state index contributed by atoms with van der Waals surface area (Å²) in [5.74, 6) is 0.170. The lowest BCUT2D eigenvalue weighted by Gasteiger charge is -2.20. The molecule has 0 radical (unpaired) electrons. The molecule has 0 spiro atoms. The van der Waals surface area contributed by atoms with Gasteiger partial charge in [-0.15, -0.1) is 0 Å². The van der Waals surface area contributed by atoms with Gasteiger partial charge in [-0.2, -0.15) is 8.78 Å². The van der Waals surface area contributed by atoms with Gasteiger partial charge in [0.1, 0.15) is 5.75 Å². The van der Waals surface area contributed by atoms with Gasteiger partial charge in [0.2, 0.25) is 0 Å². The highest BCUT2D eigenvalue weighted by molar-refractivity contribution is 5.46. The minimum atomic E-state index is -2.78. The van der Waals surface area contributed by atoms with E-state index in [1.807, 2.05) is 0 Å². The van der Waals surface area contributed by atoms with Crippen molar-refractivity contribution in [3.63, 3.8) is 0 Å². The summed E-state index contributed by atoms with van der Waals surface area (Å²) in [6.45, 7) is 5.13. The summed E-state index contributed by atoms with van der Waals surface area (Å²) >= 11 is 0. The topological polar surface area (TPSA) is 33.3 Å². The molecule has 1 rings (SSSR count). The van der Waals surface area contributed by atoms with E-state index >= 15 is 0 Å². The lowest BCUT2D eigenvalue weighted by atomic mass is 10.1. The molecule has 2 N–H and O–H groups in total. The molecule has 0 saturated carbocycles. The fraction of sp³-hybridized carbons (Fsp3) is 0.538. The molecule has 0 bridgehead atoms. The fourth-order valence-corrected chi connectivity index (χ4v) is 1.40. The molecule has 1 aromatic rings. The van der Waals surface area contributed by atoms with Gasteiger partial charge < -0.3 is 15.4 Å². The first-order valence-corrected chi connectivity index (χ1v) is 5.90. The quantitative estimate of drug-likeness (QED) is 0.769. The molecule has 0 aliphatic carbocycles. The summed E-state index contributed by atoms with van der Waals surface area (Å²) in [6.07, 6.45) is 0. The van der Waals surface area contributed by atoms with Crippen LogP contribution in [0.4, 0.5) is 14.5 Å². The number of hydrogen-bond acceptors (Lipinski definition) is 3. The second-order valence-corrected chi connectivity index (χ2v) is 5.01. The third kappa shape index (κ3) is 6.39. The molecule has 0 saturated heterocycles. The Hall–Kier alpha value is -1.36. The molecule has 3 nitrogen and oxygen atoms in total. The Morgan fingerprint density at radius 2 is 1.72 bits per heavy atom. The molecule has 0 fully saturated rings. The fourth-order valence-electron chi connectivity index (χ4n) is 1.40. The second kappa shape index (κ2) is 6.54. The largest absolute Gasteiger partial charge is 0.435 e. The predicted octanol–water partition coefficient (Wildman–Crippen LogP) is 3.09. The summed E-state index contributed by atoms with van der Waals surface area (Å²) in [6, 6.07) is 6.47. The number of anilines is 1. The Balaban J connectivity index is 2.31. The van der Waals surface area contributed by atoms with E-state index in [1.54, 1.807) is 12.1 Å². The number of rotatable bonds is 6. The first-order valence-electron chi connectivity index (χ1n) is 5.90. The predicted molar refractivity (Wildman–Crippen MR) is 69.3 cm³/mol. The van der Waals surface area contributed by atoms with Crippen LogP contribution in [0.25, 0.3) is 0 Å². The average molecular weight is 258 g/mol. The monoisotopic (exact) mass is 258 g/mol. The van der Waals surface area contributed by atoms with Gasteiger partial charge in [0.15, 0.2) is 0 Å². The van der Waals surface area contributed by atoms with Crippen molar-refractivity contribution < 1.29 is 13.5 Å². The maximum absolute atomic E-state index is 11.9. The number of halogens is 2. The Labute approximate surface area is 107 Å². The summed E-state index contributed by atoms with van der Waals surface area (Å²) in [7, 11) is 0. The highest BCUT2D eigenvalue weighted by atomic mass is 19.3. The Bertz CT molecular complexity index is 347. The van der Waals surface area contributed by atoms with E-state index in [9.17, 15) is 8.78 Å². The maximum atomic E-state index is 11.9. The molecule has 0 amide bonds. The van der Waals surface area contributed by atoms with E-state index < -0.39 is 6.61 Å². The van der Waals surface area contributed by atoms with Gasteiger partial charge in [-0.25, -0.2) is 0 Å². The minimum absolute atomic E-state index is 0.0939. The van der Waals surface area contributed by atoms with Gasteiger partial charge in [-0.05, 0) is 45.0 Å². The minimum Gasteiger partial charge on any atom is -0.435 e. The standard InChI is InChI=1S/C13H20F2N2O/c1-13(2,3)17-9-8-16-10-4-6-11(7-5-10)18-12(14)15/h4-7,12,16-17H,8-9H2,1-3H3. The number of ether oxygens (including phenoxy) is 1. The van der Waals surface area contributed by atoms with Crippen molar-refractivity contribution in [1.82, 2.24) is 5.32 Å². The van der Waals surface area contributed by atoms with E-state index in [4.69, 9.17) is 0 Å². The molecule has 5 heteroatoms. The third-order valence-corrected chi connectivity index (χ3v) is 2.19. The van der Waals surface area contributed by atoms with Crippen LogP contribution in [-0.4, -0.2) is 25.2 Å². The SMILES string of the molecule is CC(C)(C)NCCNc1ccc(OC(F)F)cc1. The molecule has 1 aromatic carbocycles. The van der Waals surface area contributed by atoms with Crippen LogP contribution in [0.2, 0.25) is 0 Å². The van der Waals surface area contributed by atoms with Crippen LogP contribution in [0.15, 0.2) is 24.3 Å². The molecular formula is C13H20F2N2O. The molecule has 0 unspecified atom stereocenters. The van der Waals surface area contributed by atoms with Crippen LogP contribution < -0.4 is 15.4 Å². The van der Waals surface area contributed by atoms with Gasteiger partial charge in [0.05, 0.1) is 0 Å². The zero-order valence-electron chi connectivity index (χ0n) is 11.0. The summed E-state index contributed by atoms with van der Waals surface area (Å²) in [5.41, 5.74) is 0.976.